The highest BCUT2D eigenvalue weighted by molar-refractivity contribution is 9.28. The van der Waals surface area contributed by atoms with Crippen molar-refractivity contribution in [3.05, 3.63) is 9.47 Å². The Hall–Kier alpha value is 0.170. The van der Waals surface area contributed by atoms with E-state index in [0.717, 1.165) is 12.8 Å². The molecule has 88 valence electrons. The summed E-state index contributed by atoms with van der Waals surface area (Å²) in [6, 6.07) is 0. The van der Waals surface area contributed by atoms with Gasteiger partial charge in [0, 0.05) is 6.08 Å². The maximum absolute atomic E-state index is 11.0. The zero-order valence-corrected chi connectivity index (χ0v) is 12.3. The summed E-state index contributed by atoms with van der Waals surface area (Å²) in [7, 11) is 0. The van der Waals surface area contributed by atoms with Crippen LogP contribution in [-0.4, -0.2) is 12.6 Å². The van der Waals surface area contributed by atoms with Gasteiger partial charge in [0.15, 0.2) is 0 Å². The first-order valence-electron chi connectivity index (χ1n) is 5.36. The van der Waals surface area contributed by atoms with Crippen LogP contribution in [0, 0.1) is 0 Å². The molecule has 0 heterocycles. The third kappa shape index (κ3) is 12.1. The Morgan fingerprint density at radius 3 is 2.33 bits per heavy atom. The van der Waals surface area contributed by atoms with Gasteiger partial charge in [-0.3, -0.25) is 0 Å². The fraction of sp³-hybridized carbons (Fsp3) is 0.727. The largest absolute Gasteiger partial charge is 0.462 e. The molecule has 0 unspecified atom stereocenters. The molecule has 0 aromatic rings. The molecule has 0 aliphatic carbocycles. The summed E-state index contributed by atoms with van der Waals surface area (Å²) < 4.78 is 5.60. The molecule has 0 aliphatic rings. The van der Waals surface area contributed by atoms with Crippen molar-refractivity contribution in [3.8, 4) is 0 Å². The van der Waals surface area contributed by atoms with Crippen LogP contribution in [0.1, 0.15) is 45.4 Å². The molecule has 0 saturated carbocycles. The second kappa shape index (κ2) is 10.7. The molecule has 0 saturated heterocycles. The Bertz CT molecular complexity index is 199. The van der Waals surface area contributed by atoms with Crippen LogP contribution < -0.4 is 0 Å². The third-order valence-corrected chi connectivity index (χ3v) is 2.43. The number of carbonyl (C=O) groups excluding carboxylic acids is 1. The fourth-order valence-corrected chi connectivity index (χ4v) is 1.56. The van der Waals surface area contributed by atoms with E-state index in [1.165, 1.54) is 31.8 Å². The number of halogens is 2. The monoisotopic (exact) mass is 340 g/mol. The van der Waals surface area contributed by atoms with Crippen LogP contribution in [0.4, 0.5) is 0 Å². The molecule has 0 aromatic heterocycles. The van der Waals surface area contributed by atoms with E-state index in [1.807, 2.05) is 0 Å². The molecule has 0 rings (SSSR count). The van der Waals surface area contributed by atoms with Gasteiger partial charge in [0.2, 0.25) is 0 Å². The van der Waals surface area contributed by atoms with Gasteiger partial charge >= 0.3 is 5.97 Å². The fourth-order valence-electron chi connectivity index (χ4n) is 1.19. The molecule has 0 aromatic carbocycles. The normalized spacial score (nSPS) is 9.80. The number of hydrogen-bond acceptors (Lipinski definition) is 2. The average molecular weight is 342 g/mol. The second-order valence-electron chi connectivity index (χ2n) is 3.37. The molecular formula is C11H18Br2O2. The molecular weight excluding hydrogens is 324 g/mol. The van der Waals surface area contributed by atoms with Crippen molar-refractivity contribution in [1.82, 2.24) is 0 Å². The standard InChI is InChI=1S/C11H18Br2O2/c1-2-3-4-5-6-7-8-15-11(14)9-10(12)13/h9H,2-8H2,1H3. The SMILES string of the molecule is CCCCCCCCOC(=O)C=C(Br)Br. The lowest BCUT2D eigenvalue weighted by Gasteiger charge is -2.02. The molecule has 4 heteroatoms. The Morgan fingerprint density at radius 1 is 1.13 bits per heavy atom. The van der Waals surface area contributed by atoms with Gasteiger partial charge in [-0.25, -0.2) is 4.79 Å². The van der Waals surface area contributed by atoms with Crippen molar-refractivity contribution in [2.24, 2.45) is 0 Å². The number of rotatable bonds is 8. The topological polar surface area (TPSA) is 26.3 Å². The highest BCUT2D eigenvalue weighted by Gasteiger charge is 1.98. The van der Waals surface area contributed by atoms with Crippen LogP contribution in [0.5, 0.6) is 0 Å². The van der Waals surface area contributed by atoms with Crippen molar-refractivity contribution < 1.29 is 9.53 Å². The van der Waals surface area contributed by atoms with Gasteiger partial charge in [0.25, 0.3) is 0 Å². The van der Waals surface area contributed by atoms with E-state index in [9.17, 15) is 4.79 Å². The zero-order chi connectivity index (χ0) is 11.5. The smallest absolute Gasteiger partial charge is 0.332 e. The minimum absolute atomic E-state index is 0.299. The highest BCUT2D eigenvalue weighted by Crippen LogP contribution is 2.12. The first kappa shape index (κ1) is 15.2. The third-order valence-electron chi connectivity index (χ3n) is 1.97. The second-order valence-corrected chi connectivity index (χ2v) is 6.14. The molecule has 0 fully saturated rings. The van der Waals surface area contributed by atoms with Gasteiger partial charge in [-0.15, -0.1) is 0 Å². The molecule has 0 spiro atoms. The van der Waals surface area contributed by atoms with Crippen LogP contribution in [0.2, 0.25) is 0 Å². The average Bonchev–Trinajstić information content (AvgIpc) is 2.15. The number of ether oxygens (including phenoxy) is 1. The van der Waals surface area contributed by atoms with E-state index >= 15 is 0 Å². The molecule has 0 aliphatic heterocycles. The van der Waals surface area contributed by atoms with E-state index in [2.05, 4.69) is 38.8 Å². The summed E-state index contributed by atoms with van der Waals surface area (Å²) >= 11 is 6.21. The lowest BCUT2D eigenvalue weighted by Crippen LogP contribution is -2.02. The summed E-state index contributed by atoms with van der Waals surface area (Å²) in [4.78, 5) is 11.0. The Morgan fingerprint density at radius 2 is 1.73 bits per heavy atom. The minimum atomic E-state index is -0.299. The number of hydrogen-bond donors (Lipinski definition) is 0. The zero-order valence-electron chi connectivity index (χ0n) is 9.10. The summed E-state index contributed by atoms with van der Waals surface area (Å²) in [6.07, 6.45) is 8.57. The molecule has 15 heavy (non-hydrogen) atoms. The van der Waals surface area contributed by atoms with Crippen LogP contribution >= 0.6 is 31.9 Å². The van der Waals surface area contributed by atoms with Crippen molar-refractivity contribution in [2.75, 3.05) is 6.61 Å². The molecule has 2 nitrogen and oxygen atoms in total. The van der Waals surface area contributed by atoms with E-state index in [1.54, 1.807) is 0 Å². The first-order valence-corrected chi connectivity index (χ1v) is 6.95. The molecule has 0 radical (unpaired) electrons. The van der Waals surface area contributed by atoms with Gasteiger partial charge in [-0.1, -0.05) is 39.0 Å². The Labute approximate surface area is 109 Å². The molecule has 0 atom stereocenters. The van der Waals surface area contributed by atoms with Crippen molar-refractivity contribution in [2.45, 2.75) is 45.4 Å². The van der Waals surface area contributed by atoms with Gasteiger partial charge in [-0.2, -0.15) is 0 Å². The van der Waals surface area contributed by atoms with Crippen LogP contribution in [-0.2, 0) is 9.53 Å². The first-order chi connectivity index (χ1) is 7.16. The van der Waals surface area contributed by atoms with Crippen molar-refractivity contribution in [3.63, 3.8) is 0 Å². The van der Waals surface area contributed by atoms with Crippen molar-refractivity contribution in [1.29, 1.82) is 0 Å². The highest BCUT2D eigenvalue weighted by atomic mass is 79.9. The lowest BCUT2D eigenvalue weighted by atomic mass is 10.1. The number of carbonyl (C=O) groups is 1. The van der Waals surface area contributed by atoms with Gasteiger partial charge < -0.3 is 4.74 Å². The van der Waals surface area contributed by atoms with Crippen LogP contribution in [0.25, 0.3) is 0 Å². The van der Waals surface area contributed by atoms with Gasteiger partial charge in [-0.05, 0) is 38.3 Å². The molecule has 0 bridgehead atoms. The summed E-state index contributed by atoms with van der Waals surface area (Å²) in [5, 5.41) is 0. The minimum Gasteiger partial charge on any atom is -0.462 e. The summed E-state index contributed by atoms with van der Waals surface area (Å²) in [5.74, 6) is -0.299. The van der Waals surface area contributed by atoms with Crippen LogP contribution in [0.3, 0.4) is 0 Å². The Kier molecular flexibility index (Phi) is 10.8. The lowest BCUT2D eigenvalue weighted by molar-refractivity contribution is -0.137. The molecule has 0 amide bonds. The maximum Gasteiger partial charge on any atom is 0.332 e. The number of esters is 1. The van der Waals surface area contributed by atoms with Gasteiger partial charge in [0.1, 0.15) is 0 Å². The van der Waals surface area contributed by atoms with E-state index in [4.69, 9.17) is 4.74 Å². The van der Waals surface area contributed by atoms with Gasteiger partial charge in [0.05, 0.1) is 10.00 Å². The quantitative estimate of drug-likeness (QED) is 0.368. The predicted molar refractivity (Wildman–Crippen MR) is 70.3 cm³/mol. The van der Waals surface area contributed by atoms with E-state index in [0.29, 0.717) is 10.00 Å². The molecule has 0 N–H and O–H groups in total. The Balaban J connectivity index is 3.24. The van der Waals surface area contributed by atoms with E-state index in [-0.39, 0.29) is 5.97 Å². The number of unbranched alkanes of at least 4 members (excludes halogenated alkanes) is 5. The summed E-state index contributed by atoms with van der Waals surface area (Å²) in [5.41, 5.74) is 0. The van der Waals surface area contributed by atoms with Crippen LogP contribution in [0.15, 0.2) is 9.47 Å². The maximum atomic E-state index is 11.0. The van der Waals surface area contributed by atoms with Crippen molar-refractivity contribution >= 4 is 37.8 Å². The summed E-state index contributed by atoms with van der Waals surface area (Å²) in [6.45, 7) is 2.72. The van der Waals surface area contributed by atoms with E-state index < -0.39 is 0 Å². The predicted octanol–water partition coefficient (Wildman–Crippen LogP) is 4.52.